The third-order valence-corrected chi connectivity index (χ3v) is 1.13. The summed E-state index contributed by atoms with van der Waals surface area (Å²) >= 11 is 0. The molecule has 0 spiro atoms. The lowest BCUT2D eigenvalue weighted by molar-refractivity contribution is -0.140. The van der Waals surface area contributed by atoms with Gasteiger partial charge in [-0.25, -0.2) is 0 Å². The highest BCUT2D eigenvalue weighted by Crippen LogP contribution is 1.98. The number of rotatable bonds is 2. The van der Waals surface area contributed by atoms with Gasteiger partial charge in [-0.1, -0.05) is 13.8 Å². The smallest absolute Gasteiger partial charge is 0.307 e. The Morgan fingerprint density at radius 1 is 1.60 bits per heavy atom. The lowest BCUT2D eigenvalue weighted by atomic mass is 10.1. The third-order valence-electron chi connectivity index (χ3n) is 1.13. The number of carbonyl (C=O) groups is 1. The maximum Gasteiger partial charge on any atom is 0.307 e. The second kappa shape index (κ2) is 4.87. The van der Waals surface area contributed by atoms with Crippen molar-refractivity contribution in [2.24, 2.45) is 5.92 Å². The first-order chi connectivity index (χ1) is 4.68. The third kappa shape index (κ3) is 3.96. The van der Waals surface area contributed by atoms with E-state index in [9.17, 15) is 4.79 Å². The average Bonchev–Trinajstić information content (AvgIpc) is 1.88. The van der Waals surface area contributed by atoms with Crippen molar-refractivity contribution in [1.82, 2.24) is 0 Å². The topological polar surface area (TPSA) is 37.3 Å². The van der Waals surface area contributed by atoms with E-state index >= 15 is 0 Å². The summed E-state index contributed by atoms with van der Waals surface area (Å²) in [6.07, 6.45) is 1.26. The molecule has 0 aliphatic carbocycles. The second-order valence-corrected chi connectivity index (χ2v) is 2.15. The van der Waals surface area contributed by atoms with Crippen LogP contribution in [0.1, 0.15) is 26.7 Å². The summed E-state index contributed by atoms with van der Waals surface area (Å²) in [7, 11) is 0. The highest BCUT2D eigenvalue weighted by Gasteiger charge is 2.07. The van der Waals surface area contributed by atoms with Crippen LogP contribution in [0, 0.1) is 17.8 Å². The second-order valence-electron chi connectivity index (χ2n) is 2.15. The van der Waals surface area contributed by atoms with Gasteiger partial charge in [0.15, 0.2) is 0 Å². The molecule has 0 amide bonds. The van der Waals surface area contributed by atoms with E-state index in [0.717, 1.165) is 6.42 Å². The van der Waals surface area contributed by atoms with E-state index in [0.29, 0.717) is 6.42 Å². The first-order valence-electron chi connectivity index (χ1n) is 3.37. The van der Waals surface area contributed by atoms with Crippen LogP contribution in [0.15, 0.2) is 0 Å². The molecule has 2 heteroatoms. The van der Waals surface area contributed by atoms with Crippen LogP contribution in [0.25, 0.3) is 0 Å². The summed E-state index contributed by atoms with van der Waals surface area (Å²) in [5, 5.41) is 8.41. The molecule has 0 saturated carbocycles. The Kier molecular flexibility index (Phi) is 4.39. The van der Waals surface area contributed by atoms with Gasteiger partial charge in [-0.3, -0.25) is 4.79 Å². The van der Waals surface area contributed by atoms with Crippen LogP contribution in [0.2, 0.25) is 0 Å². The van der Waals surface area contributed by atoms with Gasteiger partial charge in [0.2, 0.25) is 0 Å². The molecule has 1 atom stereocenters. The van der Waals surface area contributed by atoms with E-state index in [1.807, 2.05) is 6.92 Å². The number of aliphatic carboxylic acids is 1. The van der Waals surface area contributed by atoms with Crippen molar-refractivity contribution in [3.8, 4) is 11.8 Å². The number of carboxylic acid groups (broad SMARTS) is 1. The van der Waals surface area contributed by atoms with Gasteiger partial charge in [0.1, 0.15) is 0 Å². The first kappa shape index (κ1) is 9.03. The van der Waals surface area contributed by atoms with Gasteiger partial charge in [-0.2, -0.15) is 0 Å². The normalized spacial score (nSPS) is 11.4. The molecule has 0 fully saturated rings. The van der Waals surface area contributed by atoms with Crippen molar-refractivity contribution < 1.29 is 9.90 Å². The van der Waals surface area contributed by atoms with E-state index in [1.165, 1.54) is 0 Å². The molecule has 0 heterocycles. The monoisotopic (exact) mass is 140 g/mol. The standard InChI is InChI=1S/C8H12O2/c1-3-4-5-6-7(2)8(9)10/h7H,3,6H2,1-2H3,(H,9,10). The van der Waals surface area contributed by atoms with E-state index in [4.69, 9.17) is 5.11 Å². The zero-order chi connectivity index (χ0) is 7.98. The fourth-order valence-corrected chi connectivity index (χ4v) is 0.438. The van der Waals surface area contributed by atoms with Crippen molar-refractivity contribution >= 4 is 5.97 Å². The van der Waals surface area contributed by atoms with Crippen LogP contribution in [0.3, 0.4) is 0 Å². The Balaban J connectivity index is 3.58. The van der Waals surface area contributed by atoms with Crippen molar-refractivity contribution in [1.29, 1.82) is 0 Å². The molecule has 0 aromatic carbocycles. The van der Waals surface area contributed by atoms with Gasteiger partial charge < -0.3 is 5.11 Å². The van der Waals surface area contributed by atoms with E-state index in [-0.39, 0.29) is 5.92 Å². The van der Waals surface area contributed by atoms with Crippen molar-refractivity contribution in [3.63, 3.8) is 0 Å². The molecule has 0 aliphatic rings. The Morgan fingerprint density at radius 3 is 2.60 bits per heavy atom. The van der Waals surface area contributed by atoms with Crippen LogP contribution in [0.5, 0.6) is 0 Å². The van der Waals surface area contributed by atoms with Gasteiger partial charge >= 0.3 is 5.97 Å². The molecular formula is C8H12O2. The summed E-state index contributed by atoms with van der Waals surface area (Å²) in [5.74, 6) is 4.50. The van der Waals surface area contributed by atoms with Crippen LogP contribution in [-0.4, -0.2) is 11.1 Å². The van der Waals surface area contributed by atoms with Crippen LogP contribution < -0.4 is 0 Å². The number of hydrogen-bond donors (Lipinski definition) is 1. The fraction of sp³-hybridized carbons (Fsp3) is 0.625. The molecule has 1 unspecified atom stereocenters. The molecule has 10 heavy (non-hydrogen) atoms. The quantitative estimate of drug-likeness (QED) is 0.590. The molecule has 0 rings (SSSR count). The predicted molar refractivity (Wildman–Crippen MR) is 39.5 cm³/mol. The molecule has 0 radical (unpaired) electrons. The van der Waals surface area contributed by atoms with Crippen LogP contribution in [0.4, 0.5) is 0 Å². The van der Waals surface area contributed by atoms with Gasteiger partial charge in [0.05, 0.1) is 5.92 Å². The molecule has 1 N–H and O–H groups in total. The summed E-state index contributed by atoms with van der Waals surface area (Å²) < 4.78 is 0. The summed E-state index contributed by atoms with van der Waals surface area (Å²) in [4.78, 5) is 10.2. The summed E-state index contributed by atoms with van der Waals surface area (Å²) in [6.45, 7) is 3.60. The highest BCUT2D eigenvalue weighted by molar-refractivity contribution is 5.69. The number of hydrogen-bond acceptors (Lipinski definition) is 1. The minimum absolute atomic E-state index is 0.334. The van der Waals surface area contributed by atoms with Gasteiger partial charge in [0.25, 0.3) is 0 Å². The first-order valence-corrected chi connectivity index (χ1v) is 3.37. The Morgan fingerprint density at radius 2 is 2.20 bits per heavy atom. The lowest BCUT2D eigenvalue weighted by Gasteiger charge is -1.96. The van der Waals surface area contributed by atoms with Crippen LogP contribution >= 0.6 is 0 Å². The zero-order valence-electron chi connectivity index (χ0n) is 6.35. The molecule has 56 valence electrons. The summed E-state index contributed by atoms with van der Waals surface area (Å²) in [5.41, 5.74) is 0. The maximum absolute atomic E-state index is 10.2. The molecule has 0 aromatic heterocycles. The fourth-order valence-electron chi connectivity index (χ4n) is 0.438. The Hall–Kier alpha value is -0.970. The van der Waals surface area contributed by atoms with Gasteiger partial charge in [-0.05, 0) is 0 Å². The zero-order valence-corrected chi connectivity index (χ0v) is 6.35. The molecule has 2 nitrogen and oxygen atoms in total. The van der Waals surface area contributed by atoms with Crippen molar-refractivity contribution in [2.75, 3.05) is 0 Å². The SMILES string of the molecule is CCC#CCC(C)C(=O)O. The van der Waals surface area contributed by atoms with E-state index in [1.54, 1.807) is 6.92 Å². The van der Waals surface area contributed by atoms with Crippen molar-refractivity contribution in [3.05, 3.63) is 0 Å². The minimum atomic E-state index is -0.773. The lowest BCUT2D eigenvalue weighted by Crippen LogP contribution is -2.07. The molecule has 0 bridgehead atoms. The van der Waals surface area contributed by atoms with Crippen molar-refractivity contribution in [2.45, 2.75) is 26.7 Å². The Bertz CT molecular complexity index is 162. The largest absolute Gasteiger partial charge is 0.481 e. The van der Waals surface area contributed by atoms with E-state index in [2.05, 4.69) is 11.8 Å². The predicted octanol–water partition coefficient (Wildman–Crippen LogP) is 1.51. The van der Waals surface area contributed by atoms with Gasteiger partial charge in [-0.15, -0.1) is 11.8 Å². The highest BCUT2D eigenvalue weighted by atomic mass is 16.4. The Labute approximate surface area is 61.2 Å². The molecule has 0 aromatic rings. The minimum Gasteiger partial charge on any atom is -0.481 e. The molecular weight excluding hydrogens is 128 g/mol. The number of carboxylic acids is 1. The average molecular weight is 140 g/mol. The molecule has 0 aliphatic heterocycles. The van der Waals surface area contributed by atoms with E-state index < -0.39 is 5.97 Å². The van der Waals surface area contributed by atoms with Crippen LogP contribution in [-0.2, 0) is 4.79 Å². The molecule has 0 saturated heterocycles. The maximum atomic E-state index is 10.2. The summed E-state index contributed by atoms with van der Waals surface area (Å²) in [6, 6.07) is 0. The van der Waals surface area contributed by atoms with Gasteiger partial charge in [0, 0.05) is 12.8 Å².